The van der Waals surface area contributed by atoms with Crippen LogP contribution in [0.1, 0.15) is 5.56 Å². The van der Waals surface area contributed by atoms with Gasteiger partial charge in [0.25, 0.3) is 0 Å². The lowest BCUT2D eigenvalue weighted by atomic mass is 9.98. The van der Waals surface area contributed by atoms with Crippen LogP contribution in [0.15, 0.2) is 34.9 Å². The zero-order valence-corrected chi connectivity index (χ0v) is 9.91. The number of nitrogens with two attached hydrogens (primary N) is 1. The van der Waals surface area contributed by atoms with Gasteiger partial charge in [-0.15, -0.1) is 0 Å². The summed E-state index contributed by atoms with van der Waals surface area (Å²) in [6.45, 7) is -0.204. The molecule has 0 unspecified atom stereocenters. The number of hydrogen-bond donors (Lipinski definition) is 3. The summed E-state index contributed by atoms with van der Waals surface area (Å²) in [5, 5.41) is 22.2. The zero-order chi connectivity index (χ0) is 13.0. The fourth-order valence-corrected chi connectivity index (χ4v) is 1.82. The van der Waals surface area contributed by atoms with Crippen LogP contribution in [0.5, 0.6) is 0 Å². The first-order valence-corrected chi connectivity index (χ1v) is 5.77. The maximum atomic E-state index is 9.13. The van der Waals surface area contributed by atoms with Crippen LogP contribution in [0, 0.1) is 5.92 Å². The van der Waals surface area contributed by atoms with Gasteiger partial charge in [0.2, 0.25) is 5.88 Å². The van der Waals surface area contributed by atoms with Crippen molar-refractivity contribution in [2.45, 2.75) is 6.42 Å². The van der Waals surface area contributed by atoms with Crippen LogP contribution in [0.3, 0.4) is 0 Å². The largest absolute Gasteiger partial charge is 0.396 e. The number of anilines is 1. The zero-order valence-electron chi connectivity index (χ0n) is 9.91. The molecule has 0 aliphatic carbocycles. The molecule has 0 bridgehead atoms. The molecular weight excluding hydrogens is 232 g/mol. The van der Waals surface area contributed by atoms with Crippen molar-refractivity contribution in [3.63, 3.8) is 0 Å². The Labute approximate surface area is 105 Å². The van der Waals surface area contributed by atoms with Crippen molar-refractivity contribution in [3.05, 3.63) is 35.9 Å². The third kappa shape index (κ3) is 2.52. The molecule has 96 valence electrons. The molecule has 1 aromatic heterocycles. The van der Waals surface area contributed by atoms with Gasteiger partial charge < -0.3 is 20.5 Å². The summed E-state index contributed by atoms with van der Waals surface area (Å²) in [5.41, 5.74) is 8.05. The van der Waals surface area contributed by atoms with Gasteiger partial charge in [-0.2, -0.15) is 0 Å². The second kappa shape index (κ2) is 5.66. The average Bonchev–Trinajstić information content (AvgIpc) is 2.78. The van der Waals surface area contributed by atoms with Gasteiger partial charge in [0, 0.05) is 30.3 Å². The molecule has 0 fully saturated rings. The van der Waals surface area contributed by atoms with Crippen LogP contribution in [-0.2, 0) is 6.42 Å². The Bertz CT molecular complexity index is 492. The number of aliphatic hydroxyl groups is 2. The van der Waals surface area contributed by atoms with E-state index in [9.17, 15) is 0 Å². The first-order valence-electron chi connectivity index (χ1n) is 5.77. The SMILES string of the molecule is Nc1onc(-c2ccccc2)c1CC(CO)CO. The van der Waals surface area contributed by atoms with Gasteiger partial charge in [-0.05, 0) is 6.42 Å². The number of hydrogen-bond acceptors (Lipinski definition) is 5. The highest BCUT2D eigenvalue weighted by molar-refractivity contribution is 5.66. The number of nitrogen functional groups attached to an aromatic ring is 1. The summed E-state index contributed by atoms with van der Waals surface area (Å²) in [6, 6.07) is 9.54. The van der Waals surface area contributed by atoms with E-state index in [4.69, 9.17) is 20.5 Å². The summed E-state index contributed by atoms with van der Waals surface area (Å²) in [5.74, 6) is -0.0186. The smallest absolute Gasteiger partial charge is 0.225 e. The van der Waals surface area contributed by atoms with Crippen LogP contribution in [0.2, 0.25) is 0 Å². The number of aromatic nitrogens is 1. The van der Waals surface area contributed by atoms with Crippen molar-refractivity contribution in [3.8, 4) is 11.3 Å². The number of nitrogens with zero attached hydrogens (tertiary/aromatic N) is 1. The standard InChI is InChI=1S/C13H16N2O3/c14-13-11(6-9(7-16)8-17)12(15-18-13)10-4-2-1-3-5-10/h1-5,9,16-17H,6-8,14H2. The third-order valence-electron chi connectivity index (χ3n) is 2.87. The summed E-state index contributed by atoms with van der Waals surface area (Å²) in [7, 11) is 0. The molecule has 2 aromatic rings. The maximum Gasteiger partial charge on any atom is 0.225 e. The monoisotopic (exact) mass is 248 g/mol. The number of aliphatic hydroxyl groups excluding tert-OH is 2. The molecule has 2 rings (SSSR count). The van der Waals surface area contributed by atoms with Crippen LogP contribution < -0.4 is 5.73 Å². The van der Waals surface area contributed by atoms with Crippen molar-refractivity contribution in [1.29, 1.82) is 0 Å². The van der Waals surface area contributed by atoms with Crippen molar-refractivity contribution >= 4 is 5.88 Å². The molecule has 0 amide bonds. The number of benzene rings is 1. The quantitative estimate of drug-likeness (QED) is 0.736. The molecule has 0 saturated carbocycles. The second-order valence-corrected chi connectivity index (χ2v) is 4.18. The van der Waals surface area contributed by atoms with E-state index in [1.165, 1.54) is 0 Å². The molecular formula is C13H16N2O3. The van der Waals surface area contributed by atoms with E-state index in [0.717, 1.165) is 11.1 Å². The molecule has 18 heavy (non-hydrogen) atoms. The Morgan fingerprint density at radius 2 is 1.83 bits per heavy atom. The van der Waals surface area contributed by atoms with Gasteiger partial charge >= 0.3 is 0 Å². The normalized spacial score (nSPS) is 11.1. The highest BCUT2D eigenvalue weighted by Crippen LogP contribution is 2.28. The molecule has 0 saturated heterocycles. The highest BCUT2D eigenvalue weighted by atomic mass is 16.5. The van der Waals surface area contributed by atoms with E-state index in [1.807, 2.05) is 30.3 Å². The molecule has 0 radical (unpaired) electrons. The molecule has 1 heterocycles. The molecule has 0 spiro atoms. The van der Waals surface area contributed by atoms with Crippen molar-refractivity contribution in [2.75, 3.05) is 18.9 Å². The van der Waals surface area contributed by atoms with E-state index >= 15 is 0 Å². The lowest BCUT2D eigenvalue weighted by molar-refractivity contribution is 0.150. The minimum absolute atomic E-state index is 0.102. The summed E-state index contributed by atoms with van der Waals surface area (Å²) in [4.78, 5) is 0. The van der Waals surface area contributed by atoms with Crippen molar-refractivity contribution < 1.29 is 14.7 Å². The first kappa shape index (κ1) is 12.6. The van der Waals surface area contributed by atoms with Crippen LogP contribution in [0.4, 0.5) is 5.88 Å². The van der Waals surface area contributed by atoms with E-state index in [-0.39, 0.29) is 25.0 Å². The first-order chi connectivity index (χ1) is 8.76. The molecule has 5 heteroatoms. The third-order valence-corrected chi connectivity index (χ3v) is 2.87. The maximum absolute atomic E-state index is 9.13. The predicted octanol–water partition coefficient (Wildman–Crippen LogP) is 1.07. The van der Waals surface area contributed by atoms with Crippen molar-refractivity contribution in [2.24, 2.45) is 5.92 Å². The topological polar surface area (TPSA) is 92.5 Å². The minimum Gasteiger partial charge on any atom is -0.396 e. The Kier molecular flexibility index (Phi) is 3.96. The Balaban J connectivity index is 2.33. The van der Waals surface area contributed by atoms with E-state index < -0.39 is 0 Å². The lowest BCUT2D eigenvalue weighted by Crippen LogP contribution is -2.14. The highest BCUT2D eigenvalue weighted by Gasteiger charge is 2.19. The minimum atomic E-state index is -0.255. The summed E-state index contributed by atoms with van der Waals surface area (Å²) >= 11 is 0. The molecule has 0 atom stereocenters. The van der Waals surface area contributed by atoms with Gasteiger partial charge in [-0.3, -0.25) is 0 Å². The van der Waals surface area contributed by atoms with Gasteiger partial charge in [-0.25, -0.2) is 0 Å². The number of rotatable bonds is 5. The van der Waals surface area contributed by atoms with E-state index in [1.54, 1.807) is 0 Å². The Hall–Kier alpha value is -1.85. The van der Waals surface area contributed by atoms with Gasteiger partial charge in [0.05, 0.1) is 0 Å². The summed E-state index contributed by atoms with van der Waals surface area (Å²) < 4.78 is 5.00. The van der Waals surface area contributed by atoms with Crippen LogP contribution in [0.25, 0.3) is 11.3 Å². The average molecular weight is 248 g/mol. The predicted molar refractivity (Wildman–Crippen MR) is 67.7 cm³/mol. The molecule has 1 aromatic carbocycles. The molecule has 0 aliphatic rings. The Morgan fingerprint density at radius 3 is 2.44 bits per heavy atom. The second-order valence-electron chi connectivity index (χ2n) is 4.18. The molecule has 4 N–H and O–H groups in total. The Morgan fingerprint density at radius 1 is 1.17 bits per heavy atom. The summed E-state index contributed by atoms with van der Waals surface area (Å²) in [6.07, 6.45) is 0.437. The van der Waals surface area contributed by atoms with E-state index in [0.29, 0.717) is 12.1 Å². The fourth-order valence-electron chi connectivity index (χ4n) is 1.82. The van der Waals surface area contributed by atoms with E-state index in [2.05, 4.69) is 5.16 Å². The van der Waals surface area contributed by atoms with Crippen molar-refractivity contribution in [1.82, 2.24) is 5.16 Å². The lowest BCUT2D eigenvalue weighted by Gasteiger charge is -2.10. The van der Waals surface area contributed by atoms with Gasteiger partial charge in [-0.1, -0.05) is 35.5 Å². The molecule has 5 nitrogen and oxygen atoms in total. The van der Waals surface area contributed by atoms with Gasteiger partial charge in [0.15, 0.2) is 0 Å². The van der Waals surface area contributed by atoms with Crippen LogP contribution in [-0.4, -0.2) is 28.6 Å². The molecule has 0 aliphatic heterocycles. The van der Waals surface area contributed by atoms with Gasteiger partial charge in [0.1, 0.15) is 5.69 Å². The fraction of sp³-hybridized carbons (Fsp3) is 0.308. The van der Waals surface area contributed by atoms with Crippen LogP contribution >= 0.6 is 0 Å².